The molecule has 18 heavy (non-hydrogen) atoms. The topological polar surface area (TPSA) is 53.7 Å². The van der Waals surface area contributed by atoms with Crippen LogP contribution in [0.25, 0.3) is 0 Å². The average Bonchev–Trinajstić information content (AvgIpc) is 2.67. The summed E-state index contributed by atoms with van der Waals surface area (Å²) in [6.07, 6.45) is 3.17. The fraction of sp³-hybridized carbons (Fsp3) is 0.615. The molecule has 1 atom stereocenters. The van der Waals surface area contributed by atoms with Crippen LogP contribution in [0, 0.1) is 6.92 Å². The second-order valence-electron chi connectivity index (χ2n) is 4.46. The lowest BCUT2D eigenvalue weighted by atomic mass is 10.2. The quantitative estimate of drug-likeness (QED) is 0.826. The molecule has 0 aromatic carbocycles. The molecule has 1 rings (SSSR count). The molecule has 0 radical (unpaired) electrons. The summed E-state index contributed by atoms with van der Waals surface area (Å²) in [5, 5.41) is 8.94. The van der Waals surface area contributed by atoms with Crippen LogP contribution in [-0.2, 0) is 6.54 Å². The molecule has 4 nitrogen and oxygen atoms in total. The number of aryl methyl sites for hydroxylation is 1. The molecule has 0 spiro atoms. The highest BCUT2D eigenvalue weighted by molar-refractivity contribution is 7.98. The predicted molar refractivity (Wildman–Crippen MR) is 74.3 cm³/mol. The van der Waals surface area contributed by atoms with Crippen LogP contribution in [0.3, 0.4) is 0 Å². The van der Waals surface area contributed by atoms with Crippen molar-refractivity contribution in [2.45, 2.75) is 32.9 Å². The van der Waals surface area contributed by atoms with E-state index in [9.17, 15) is 4.79 Å². The van der Waals surface area contributed by atoms with E-state index in [1.807, 2.05) is 24.9 Å². The van der Waals surface area contributed by atoms with Crippen molar-refractivity contribution in [2.75, 3.05) is 19.1 Å². The fourth-order valence-electron chi connectivity index (χ4n) is 1.96. The van der Waals surface area contributed by atoms with E-state index in [1.54, 1.807) is 6.92 Å². The highest BCUT2D eigenvalue weighted by Gasteiger charge is 2.18. The van der Waals surface area contributed by atoms with Gasteiger partial charge in [-0.1, -0.05) is 6.92 Å². The van der Waals surface area contributed by atoms with Crippen molar-refractivity contribution in [3.63, 3.8) is 0 Å². The Morgan fingerprint density at radius 2 is 2.28 bits per heavy atom. The third kappa shape index (κ3) is 3.78. The van der Waals surface area contributed by atoms with Crippen LogP contribution in [0.1, 0.15) is 35.2 Å². The van der Waals surface area contributed by atoms with Gasteiger partial charge in [-0.05, 0) is 32.7 Å². The average molecular weight is 271 g/mol. The SMILES string of the molecule is CCC(CSC)N(C)Cc1cc(C)c(C(=O)O)o1. The van der Waals surface area contributed by atoms with Crippen molar-refractivity contribution in [1.82, 2.24) is 4.90 Å². The highest BCUT2D eigenvalue weighted by atomic mass is 32.2. The Hall–Kier alpha value is -0.940. The molecule has 1 heterocycles. The van der Waals surface area contributed by atoms with E-state index in [-0.39, 0.29) is 5.76 Å². The molecule has 1 aromatic heterocycles. The number of hydrogen-bond donors (Lipinski definition) is 1. The van der Waals surface area contributed by atoms with Crippen molar-refractivity contribution in [3.8, 4) is 0 Å². The van der Waals surface area contributed by atoms with Gasteiger partial charge >= 0.3 is 5.97 Å². The van der Waals surface area contributed by atoms with Crippen molar-refractivity contribution in [2.24, 2.45) is 0 Å². The highest BCUT2D eigenvalue weighted by Crippen LogP contribution is 2.18. The van der Waals surface area contributed by atoms with Crippen LogP contribution in [-0.4, -0.2) is 41.1 Å². The van der Waals surface area contributed by atoms with Crippen LogP contribution in [0.15, 0.2) is 10.5 Å². The molecule has 5 heteroatoms. The number of nitrogens with zero attached hydrogens (tertiary/aromatic N) is 1. The van der Waals surface area contributed by atoms with Gasteiger partial charge in [0.1, 0.15) is 5.76 Å². The van der Waals surface area contributed by atoms with Gasteiger partial charge in [-0.2, -0.15) is 11.8 Å². The molecule has 0 amide bonds. The Morgan fingerprint density at radius 1 is 1.61 bits per heavy atom. The fourth-order valence-corrected chi connectivity index (χ4v) is 2.84. The van der Waals surface area contributed by atoms with Gasteiger partial charge in [-0.25, -0.2) is 4.79 Å². The Morgan fingerprint density at radius 3 is 2.72 bits per heavy atom. The molecule has 102 valence electrons. The lowest BCUT2D eigenvalue weighted by Gasteiger charge is -2.25. The molecule has 0 aliphatic carbocycles. The van der Waals surface area contributed by atoms with Crippen LogP contribution in [0.2, 0.25) is 0 Å². The zero-order chi connectivity index (χ0) is 13.7. The van der Waals surface area contributed by atoms with E-state index in [2.05, 4.69) is 18.1 Å². The van der Waals surface area contributed by atoms with Crippen molar-refractivity contribution < 1.29 is 14.3 Å². The normalized spacial score (nSPS) is 12.9. The largest absolute Gasteiger partial charge is 0.475 e. The minimum absolute atomic E-state index is 0.0521. The molecule has 1 aromatic rings. The summed E-state index contributed by atoms with van der Waals surface area (Å²) >= 11 is 1.82. The maximum Gasteiger partial charge on any atom is 0.372 e. The Kier molecular flexibility index (Phi) is 5.75. The van der Waals surface area contributed by atoms with Gasteiger partial charge in [-0.15, -0.1) is 0 Å². The molecule has 0 aliphatic rings. The number of carboxylic acid groups (broad SMARTS) is 1. The number of aromatic carboxylic acids is 1. The van der Waals surface area contributed by atoms with Crippen molar-refractivity contribution >= 4 is 17.7 Å². The summed E-state index contributed by atoms with van der Waals surface area (Å²) in [5.74, 6) is 0.833. The third-order valence-electron chi connectivity index (χ3n) is 3.02. The molecule has 1 unspecified atom stereocenters. The van der Waals surface area contributed by atoms with Crippen molar-refractivity contribution in [1.29, 1.82) is 0 Å². The van der Waals surface area contributed by atoms with E-state index in [4.69, 9.17) is 9.52 Å². The predicted octanol–water partition coefficient (Wildman–Crippen LogP) is 2.86. The zero-order valence-corrected chi connectivity index (χ0v) is 12.2. The molecule has 0 saturated heterocycles. The van der Waals surface area contributed by atoms with Gasteiger partial charge < -0.3 is 9.52 Å². The molecular weight excluding hydrogens is 250 g/mol. The maximum atomic E-state index is 10.9. The lowest BCUT2D eigenvalue weighted by Crippen LogP contribution is -2.32. The minimum Gasteiger partial charge on any atom is -0.475 e. The lowest BCUT2D eigenvalue weighted by molar-refractivity contribution is 0.0657. The molecule has 1 N–H and O–H groups in total. The zero-order valence-electron chi connectivity index (χ0n) is 11.4. The molecule has 0 saturated carbocycles. The second kappa shape index (κ2) is 6.85. The van der Waals surface area contributed by atoms with Gasteiger partial charge in [0.25, 0.3) is 0 Å². The summed E-state index contributed by atoms with van der Waals surface area (Å²) in [5.41, 5.74) is 0.684. The number of hydrogen-bond acceptors (Lipinski definition) is 4. The van der Waals surface area contributed by atoms with E-state index in [0.717, 1.165) is 12.2 Å². The summed E-state index contributed by atoms with van der Waals surface area (Å²) in [6, 6.07) is 2.30. The number of furan rings is 1. The van der Waals surface area contributed by atoms with E-state index < -0.39 is 5.97 Å². The summed E-state index contributed by atoms with van der Waals surface area (Å²) in [6.45, 7) is 4.57. The summed E-state index contributed by atoms with van der Waals surface area (Å²) < 4.78 is 5.37. The first-order valence-corrected chi connectivity index (χ1v) is 7.40. The van der Waals surface area contributed by atoms with Gasteiger partial charge in [-0.3, -0.25) is 4.90 Å². The van der Waals surface area contributed by atoms with Crippen LogP contribution in [0.4, 0.5) is 0 Å². The number of rotatable bonds is 7. The smallest absolute Gasteiger partial charge is 0.372 e. The van der Waals surface area contributed by atoms with Crippen molar-refractivity contribution in [3.05, 3.63) is 23.2 Å². The van der Waals surface area contributed by atoms with Crippen LogP contribution >= 0.6 is 11.8 Å². The molecule has 0 bridgehead atoms. The second-order valence-corrected chi connectivity index (χ2v) is 5.37. The van der Waals surface area contributed by atoms with Gasteiger partial charge in [0.15, 0.2) is 0 Å². The standard InChI is InChI=1S/C13H21NO3S/c1-5-10(8-18-4)14(3)7-11-6-9(2)12(17-11)13(15)16/h6,10H,5,7-8H2,1-4H3,(H,15,16). The third-order valence-corrected chi connectivity index (χ3v) is 3.74. The Labute approximate surface area is 112 Å². The first-order valence-electron chi connectivity index (χ1n) is 6.01. The number of carbonyl (C=O) groups is 1. The Bertz CT molecular complexity index is 403. The monoisotopic (exact) mass is 271 g/mol. The summed E-state index contributed by atoms with van der Waals surface area (Å²) in [7, 11) is 2.04. The molecule has 0 fully saturated rings. The van der Waals surface area contributed by atoms with Gasteiger partial charge in [0.2, 0.25) is 5.76 Å². The molecule has 0 aliphatic heterocycles. The van der Waals surface area contributed by atoms with Gasteiger partial charge in [0, 0.05) is 17.4 Å². The van der Waals surface area contributed by atoms with E-state index >= 15 is 0 Å². The first-order chi connectivity index (χ1) is 8.49. The van der Waals surface area contributed by atoms with Crippen LogP contribution in [0.5, 0.6) is 0 Å². The number of carboxylic acids is 1. The molecular formula is C13H21NO3S. The van der Waals surface area contributed by atoms with E-state index in [1.165, 1.54) is 0 Å². The van der Waals surface area contributed by atoms with E-state index in [0.29, 0.717) is 23.9 Å². The van der Waals surface area contributed by atoms with Crippen LogP contribution < -0.4 is 0 Å². The minimum atomic E-state index is -1.00. The number of thioether (sulfide) groups is 1. The Balaban J connectivity index is 2.72. The van der Waals surface area contributed by atoms with Gasteiger partial charge in [0.05, 0.1) is 6.54 Å². The maximum absolute atomic E-state index is 10.9. The first kappa shape index (κ1) is 15.1. The summed E-state index contributed by atoms with van der Waals surface area (Å²) in [4.78, 5) is 13.1.